The molecule has 1 aliphatic rings. The molecule has 3 rings (SSSR count). The lowest BCUT2D eigenvalue weighted by Gasteiger charge is -2.13. The van der Waals surface area contributed by atoms with Gasteiger partial charge in [0.25, 0.3) is 11.1 Å². The van der Waals surface area contributed by atoms with E-state index >= 15 is 0 Å². The van der Waals surface area contributed by atoms with Crippen LogP contribution in [0.25, 0.3) is 6.08 Å². The Morgan fingerprint density at radius 1 is 1.15 bits per heavy atom. The van der Waals surface area contributed by atoms with Gasteiger partial charge in [-0.05, 0) is 35.5 Å². The number of rotatable bonds is 6. The number of carbonyl (C=O) groups is 3. The molecule has 1 N–H and O–H groups in total. The van der Waals surface area contributed by atoms with E-state index in [0.717, 1.165) is 16.7 Å². The second-order valence-electron chi connectivity index (χ2n) is 5.58. The summed E-state index contributed by atoms with van der Waals surface area (Å²) in [6.07, 6.45) is 1.52. The molecule has 1 aliphatic heterocycles. The van der Waals surface area contributed by atoms with E-state index in [1.165, 1.54) is 6.08 Å². The number of carboxylic acids is 1. The molecular weight excluding hydrogens is 390 g/mol. The van der Waals surface area contributed by atoms with Crippen molar-refractivity contribution in [2.45, 2.75) is 6.54 Å². The molecule has 0 atom stereocenters. The van der Waals surface area contributed by atoms with Gasteiger partial charge in [-0.1, -0.05) is 48.0 Å². The van der Waals surface area contributed by atoms with E-state index in [-0.39, 0.29) is 11.4 Å². The Bertz CT molecular complexity index is 943. The van der Waals surface area contributed by atoms with Crippen LogP contribution in [0.4, 0.5) is 4.79 Å². The minimum Gasteiger partial charge on any atom is -0.481 e. The lowest BCUT2D eigenvalue weighted by Crippen LogP contribution is -2.27. The molecule has 0 aliphatic carbocycles. The molecule has 0 saturated carbocycles. The number of halogens is 1. The largest absolute Gasteiger partial charge is 0.481 e. The maximum absolute atomic E-state index is 12.7. The first-order valence-corrected chi connectivity index (χ1v) is 9.07. The first-order valence-electron chi connectivity index (χ1n) is 7.88. The first-order chi connectivity index (χ1) is 13.0. The van der Waals surface area contributed by atoms with Gasteiger partial charge in [-0.15, -0.1) is 0 Å². The predicted octanol–water partition coefficient (Wildman–Crippen LogP) is 4.04. The minimum atomic E-state index is -1.11. The van der Waals surface area contributed by atoms with Crippen molar-refractivity contribution in [3.8, 4) is 5.75 Å². The van der Waals surface area contributed by atoms with E-state index < -0.39 is 23.7 Å². The second kappa shape index (κ2) is 8.28. The average molecular weight is 404 g/mol. The van der Waals surface area contributed by atoms with Crippen LogP contribution in [0.3, 0.4) is 0 Å². The molecule has 0 aromatic heterocycles. The van der Waals surface area contributed by atoms with Crippen molar-refractivity contribution < 1.29 is 24.2 Å². The van der Waals surface area contributed by atoms with Gasteiger partial charge >= 0.3 is 5.97 Å². The van der Waals surface area contributed by atoms with Crippen molar-refractivity contribution in [1.29, 1.82) is 0 Å². The number of ether oxygens (including phenoxy) is 1. The fourth-order valence-corrected chi connectivity index (χ4v) is 3.47. The quantitative estimate of drug-likeness (QED) is 0.733. The number of thioether (sulfide) groups is 1. The van der Waals surface area contributed by atoms with Crippen LogP contribution in [0.1, 0.15) is 11.1 Å². The standard InChI is InChI=1S/C19H14ClNO5S/c20-14-7-3-1-6-13(14)10-21-18(24)16(27-19(21)25)9-12-5-2-4-8-15(12)26-11-17(22)23/h1-9H,10-11H2,(H,22,23)/b16-9+. The van der Waals surface area contributed by atoms with Crippen LogP contribution < -0.4 is 4.74 Å². The molecule has 0 spiro atoms. The van der Waals surface area contributed by atoms with Crippen LogP contribution in [0, 0.1) is 0 Å². The van der Waals surface area contributed by atoms with Gasteiger partial charge < -0.3 is 9.84 Å². The van der Waals surface area contributed by atoms with Crippen molar-refractivity contribution in [2.75, 3.05) is 6.61 Å². The van der Waals surface area contributed by atoms with Gasteiger partial charge in [0.1, 0.15) is 5.75 Å². The SMILES string of the molecule is O=C(O)COc1ccccc1/C=C1/SC(=O)N(Cc2ccccc2Cl)C1=O. The molecule has 1 saturated heterocycles. The number of amides is 2. The molecule has 2 amide bonds. The van der Waals surface area contributed by atoms with E-state index in [9.17, 15) is 14.4 Å². The van der Waals surface area contributed by atoms with Crippen molar-refractivity contribution in [3.63, 3.8) is 0 Å². The van der Waals surface area contributed by atoms with Crippen LogP contribution in [0.5, 0.6) is 5.75 Å². The van der Waals surface area contributed by atoms with Gasteiger partial charge in [-0.25, -0.2) is 4.79 Å². The fraction of sp³-hybridized carbons (Fsp3) is 0.105. The summed E-state index contributed by atoms with van der Waals surface area (Å²) in [6, 6.07) is 13.7. The maximum Gasteiger partial charge on any atom is 0.341 e. The van der Waals surface area contributed by atoms with Crippen molar-refractivity contribution in [1.82, 2.24) is 4.90 Å². The average Bonchev–Trinajstić information content (AvgIpc) is 2.90. The monoisotopic (exact) mass is 403 g/mol. The molecule has 1 heterocycles. The Labute approximate surface area is 164 Å². The van der Waals surface area contributed by atoms with Crippen LogP contribution in [0.2, 0.25) is 5.02 Å². The molecule has 1 fully saturated rings. The molecule has 27 heavy (non-hydrogen) atoms. The highest BCUT2D eigenvalue weighted by Gasteiger charge is 2.35. The Hall–Kier alpha value is -2.77. The van der Waals surface area contributed by atoms with E-state index in [0.29, 0.717) is 21.9 Å². The highest BCUT2D eigenvalue weighted by Crippen LogP contribution is 2.35. The lowest BCUT2D eigenvalue weighted by atomic mass is 10.1. The zero-order valence-electron chi connectivity index (χ0n) is 13.9. The molecule has 0 radical (unpaired) electrons. The number of hydrogen-bond donors (Lipinski definition) is 1. The van der Waals surface area contributed by atoms with Crippen molar-refractivity contribution in [3.05, 3.63) is 69.6 Å². The van der Waals surface area contributed by atoms with Gasteiger partial charge in [0.05, 0.1) is 11.4 Å². The molecule has 2 aromatic carbocycles. The molecular formula is C19H14ClNO5S. The van der Waals surface area contributed by atoms with Crippen LogP contribution in [-0.4, -0.2) is 33.7 Å². The molecule has 0 unspecified atom stereocenters. The van der Waals surface area contributed by atoms with Crippen LogP contribution in [-0.2, 0) is 16.1 Å². The number of para-hydroxylation sites is 1. The third-order valence-electron chi connectivity index (χ3n) is 3.72. The number of carbonyl (C=O) groups excluding carboxylic acids is 2. The predicted molar refractivity (Wildman–Crippen MR) is 103 cm³/mol. The number of hydrogen-bond acceptors (Lipinski definition) is 5. The Kier molecular flexibility index (Phi) is 5.83. The number of carboxylic acid groups (broad SMARTS) is 1. The van der Waals surface area contributed by atoms with Crippen LogP contribution in [0.15, 0.2) is 53.4 Å². The molecule has 0 bridgehead atoms. The van der Waals surface area contributed by atoms with Gasteiger partial charge in [0, 0.05) is 10.6 Å². The number of benzene rings is 2. The van der Waals surface area contributed by atoms with Crippen molar-refractivity contribution >= 4 is 46.6 Å². The minimum absolute atomic E-state index is 0.0822. The Morgan fingerprint density at radius 2 is 1.85 bits per heavy atom. The summed E-state index contributed by atoms with van der Waals surface area (Å²) < 4.78 is 5.23. The van der Waals surface area contributed by atoms with E-state index in [2.05, 4.69) is 0 Å². The summed E-state index contributed by atoms with van der Waals surface area (Å²) in [7, 11) is 0. The summed E-state index contributed by atoms with van der Waals surface area (Å²) in [5, 5.41) is 8.85. The van der Waals surface area contributed by atoms with E-state index in [1.54, 1.807) is 48.5 Å². The topological polar surface area (TPSA) is 83.9 Å². The van der Waals surface area contributed by atoms with Gasteiger partial charge in [0.2, 0.25) is 0 Å². The summed E-state index contributed by atoms with van der Waals surface area (Å²) in [5.41, 5.74) is 1.19. The Morgan fingerprint density at radius 3 is 2.59 bits per heavy atom. The second-order valence-corrected chi connectivity index (χ2v) is 6.98. The summed E-state index contributed by atoms with van der Waals surface area (Å²) in [5.74, 6) is -1.22. The van der Waals surface area contributed by atoms with Crippen molar-refractivity contribution in [2.24, 2.45) is 0 Å². The third kappa shape index (κ3) is 4.50. The molecule has 8 heteroatoms. The summed E-state index contributed by atoms with van der Waals surface area (Å²) in [4.78, 5) is 37.0. The third-order valence-corrected chi connectivity index (χ3v) is 4.99. The fourth-order valence-electron chi connectivity index (χ4n) is 2.45. The lowest BCUT2D eigenvalue weighted by molar-refractivity contribution is -0.139. The van der Waals surface area contributed by atoms with Gasteiger partial charge in [-0.2, -0.15) is 0 Å². The first kappa shape index (κ1) is 19.0. The smallest absolute Gasteiger partial charge is 0.341 e. The maximum atomic E-state index is 12.7. The Balaban J connectivity index is 1.83. The number of aliphatic carboxylic acids is 1. The highest BCUT2D eigenvalue weighted by molar-refractivity contribution is 8.18. The highest BCUT2D eigenvalue weighted by atomic mass is 35.5. The zero-order valence-corrected chi connectivity index (χ0v) is 15.5. The zero-order chi connectivity index (χ0) is 19.4. The van der Waals surface area contributed by atoms with Gasteiger partial charge in [0.15, 0.2) is 6.61 Å². The molecule has 138 valence electrons. The number of imide groups is 1. The summed E-state index contributed by atoms with van der Waals surface area (Å²) in [6.45, 7) is -0.419. The normalized spacial score (nSPS) is 15.4. The molecule has 2 aromatic rings. The van der Waals surface area contributed by atoms with Gasteiger partial charge in [-0.3, -0.25) is 14.5 Å². The number of nitrogens with zero attached hydrogens (tertiary/aromatic N) is 1. The van der Waals surface area contributed by atoms with E-state index in [1.807, 2.05) is 0 Å². The molecule has 6 nitrogen and oxygen atoms in total. The van der Waals surface area contributed by atoms with Crippen LogP contribution >= 0.6 is 23.4 Å². The summed E-state index contributed by atoms with van der Waals surface area (Å²) >= 11 is 6.93. The van der Waals surface area contributed by atoms with E-state index in [4.69, 9.17) is 21.4 Å².